The van der Waals surface area contributed by atoms with Crippen molar-refractivity contribution in [3.63, 3.8) is 0 Å². The van der Waals surface area contributed by atoms with Crippen LogP contribution in [0, 0.1) is 25.7 Å². The minimum Gasteiger partial charge on any atom is -0.349 e. The summed E-state index contributed by atoms with van der Waals surface area (Å²) in [6, 6.07) is 21.0. The van der Waals surface area contributed by atoms with Crippen LogP contribution < -0.4 is 4.90 Å². The Kier molecular flexibility index (Phi) is 4.29. The maximum absolute atomic E-state index is 13.9. The van der Waals surface area contributed by atoms with Gasteiger partial charge >= 0.3 is 0 Å². The number of imide groups is 1. The quantitative estimate of drug-likeness (QED) is 0.435. The van der Waals surface area contributed by atoms with Gasteiger partial charge in [0.1, 0.15) is 0 Å². The molecule has 2 aliphatic heterocycles. The van der Waals surface area contributed by atoms with Gasteiger partial charge in [-0.1, -0.05) is 72.3 Å². The molecule has 0 unspecified atom stereocenters. The van der Waals surface area contributed by atoms with Gasteiger partial charge in [0.25, 0.3) is 0 Å². The Morgan fingerprint density at radius 1 is 0.765 bits per heavy atom. The average Bonchev–Trinajstić information content (AvgIpc) is 3.40. The first-order chi connectivity index (χ1) is 16.4. The van der Waals surface area contributed by atoms with Crippen LogP contribution in [0.5, 0.6) is 0 Å². The van der Waals surface area contributed by atoms with Gasteiger partial charge in [-0.3, -0.25) is 19.2 Å². The standard InChI is InChI=1S/C28H21NO5/c1-15-12-13-20(16(2)14-15)29-26(32)21-22(27(29)33)28(34-23(21)17-8-4-3-5-9-17)24(30)18-10-6-7-11-19(18)25(28)31/h3-14,21-23H,1-2H3/t21-,22+,23+/m1/s1. The van der Waals surface area contributed by atoms with E-state index in [1.54, 1.807) is 54.6 Å². The highest BCUT2D eigenvalue weighted by Gasteiger charge is 2.74. The molecular weight excluding hydrogens is 430 g/mol. The fourth-order valence-electron chi connectivity index (χ4n) is 5.75. The molecule has 0 saturated carbocycles. The molecule has 1 spiro atoms. The van der Waals surface area contributed by atoms with Crippen LogP contribution in [0.3, 0.4) is 0 Å². The second-order valence-corrected chi connectivity index (χ2v) is 9.19. The molecule has 2 heterocycles. The van der Waals surface area contributed by atoms with Gasteiger partial charge in [-0.2, -0.15) is 0 Å². The van der Waals surface area contributed by atoms with E-state index in [4.69, 9.17) is 4.74 Å². The van der Waals surface area contributed by atoms with E-state index < -0.39 is 46.9 Å². The van der Waals surface area contributed by atoms with E-state index >= 15 is 0 Å². The Balaban J connectivity index is 1.56. The first-order valence-electron chi connectivity index (χ1n) is 11.2. The minimum atomic E-state index is -2.05. The lowest BCUT2D eigenvalue weighted by atomic mass is 9.77. The Bertz CT molecular complexity index is 1370. The lowest BCUT2D eigenvalue weighted by molar-refractivity contribution is -0.127. The summed E-state index contributed by atoms with van der Waals surface area (Å²) in [5.41, 5.74) is 1.28. The molecule has 2 saturated heterocycles. The number of nitrogens with zero attached hydrogens (tertiary/aromatic N) is 1. The first-order valence-corrected chi connectivity index (χ1v) is 11.2. The summed E-state index contributed by atoms with van der Waals surface area (Å²) in [5.74, 6) is -4.36. The van der Waals surface area contributed by atoms with Gasteiger partial charge in [-0.15, -0.1) is 0 Å². The van der Waals surface area contributed by atoms with Crippen molar-refractivity contribution in [1.82, 2.24) is 0 Å². The lowest BCUT2D eigenvalue weighted by Crippen LogP contribution is -2.51. The SMILES string of the molecule is Cc1ccc(N2C(=O)[C@@H]3[C@@H](C2=O)C2(O[C@H]3c3ccccc3)C(=O)c3ccccc3C2=O)c(C)c1. The van der Waals surface area contributed by atoms with Gasteiger partial charge in [0.2, 0.25) is 29.0 Å². The Morgan fingerprint density at radius 2 is 1.38 bits per heavy atom. The molecule has 2 fully saturated rings. The fraction of sp³-hybridized carbons (Fsp3) is 0.214. The molecule has 1 aliphatic carbocycles. The number of carbonyl (C=O) groups excluding carboxylic acids is 4. The van der Waals surface area contributed by atoms with Crippen molar-refractivity contribution in [3.05, 3.63) is 101 Å². The summed E-state index contributed by atoms with van der Waals surface area (Å²) in [7, 11) is 0. The van der Waals surface area contributed by atoms with Crippen LogP contribution in [0.25, 0.3) is 0 Å². The van der Waals surface area contributed by atoms with Crippen molar-refractivity contribution < 1.29 is 23.9 Å². The summed E-state index contributed by atoms with van der Waals surface area (Å²) >= 11 is 0. The van der Waals surface area contributed by atoms with E-state index in [0.717, 1.165) is 16.0 Å². The highest BCUT2D eigenvalue weighted by atomic mass is 16.5. The molecule has 34 heavy (non-hydrogen) atoms. The molecule has 0 bridgehead atoms. The normalized spacial score (nSPS) is 24.8. The maximum atomic E-state index is 13.9. The molecule has 3 atom stereocenters. The Labute approximate surface area is 196 Å². The molecule has 0 aromatic heterocycles. The number of hydrogen-bond donors (Lipinski definition) is 0. The van der Waals surface area contributed by atoms with E-state index in [9.17, 15) is 19.2 Å². The number of ether oxygens (including phenoxy) is 1. The number of benzene rings is 3. The van der Waals surface area contributed by atoms with Crippen molar-refractivity contribution >= 4 is 29.1 Å². The molecule has 6 nitrogen and oxygen atoms in total. The van der Waals surface area contributed by atoms with Crippen molar-refractivity contribution in [2.45, 2.75) is 25.6 Å². The predicted molar refractivity (Wildman–Crippen MR) is 123 cm³/mol. The van der Waals surface area contributed by atoms with Crippen LogP contribution in [-0.2, 0) is 14.3 Å². The zero-order chi connectivity index (χ0) is 23.8. The number of rotatable bonds is 2. The zero-order valence-electron chi connectivity index (χ0n) is 18.6. The van der Waals surface area contributed by atoms with E-state index in [1.807, 2.05) is 32.0 Å². The van der Waals surface area contributed by atoms with Gasteiger partial charge < -0.3 is 4.74 Å². The molecule has 0 radical (unpaired) electrons. The highest BCUT2D eigenvalue weighted by Crippen LogP contribution is 2.57. The number of carbonyl (C=O) groups is 4. The van der Waals surface area contributed by atoms with Crippen LogP contribution in [0.4, 0.5) is 5.69 Å². The van der Waals surface area contributed by atoms with E-state index in [-0.39, 0.29) is 11.1 Å². The van der Waals surface area contributed by atoms with Gasteiger partial charge in [-0.05, 0) is 31.0 Å². The van der Waals surface area contributed by atoms with E-state index in [1.165, 1.54) is 0 Å². The Hall–Kier alpha value is -3.90. The maximum Gasteiger partial charge on any atom is 0.241 e. The summed E-state index contributed by atoms with van der Waals surface area (Å²) in [6.07, 6.45) is -0.902. The molecule has 3 aromatic rings. The molecule has 2 amide bonds. The zero-order valence-corrected chi connectivity index (χ0v) is 18.6. The molecule has 6 heteroatoms. The van der Waals surface area contributed by atoms with E-state index in [0.29, 0.717) is 11.3 Å². The summed E-state index contributed by atoms with van der Waals surface area (Å²) in [4.78, 5) is 56.4. The van der Waals surface area contributed by atoms with E-state index in [2.05, 4.69) is 0 Å². The van der Waals surface area contributed by atoms with Gasteiger partial charge in [0.15, 0.2) is 0 Å². The molecule has 168 valence electrons. The van der Waals surface area contributed by atoms with Crippen LogP contribution in [0.1, 0.15) is 43.5 Å². The highest BCUT2D eigenvalue weighted by molar-refractivity contribution is 6.37. The second kappa shape index (κ2) is 7.05. The molecule has 0 N–H and O–H groups in total. The largest absolute Gasteiger partial charge is 0.349 e. The van der Waals surface area contributed by atoms with Crippen molar-refractivity contribution in [1.29, 1.82) is 0 Å². The number of anilines is 1. The summed E-state index contributed by atoms with van der Waals surface area (Å²) < 4.78 is 6.28. The third-order valence-electron chi connectivity index (χ3n) is 7.24. The number of hydrogen-bond acceptors (Lipinski definition) is 5. The van der Waals surface area contributed by atoms with Crippen LogP contribution >= 0.6 is 0 Å². The predicted octanol–water partition coefficient (Wildman–Crippen LogP) is 4.00. The number of Topliss-reactive ketones (excluding diaryl/α,β-unsaturated/α-hetero) is 2. The smallest absolute Gasteiger partial charge is 0.241 e. The number of amides is 2. The average molecular weight is 451 g/mol. The van der Waals surface area contributed by atoms with Crippen LogP contribution in [-0.4, -0.2) is 29.0 Å². The van der Waals surface area contributed by atoms with Crippen LogP contribution in [0.2, 0.25) is 0 Å². The topological polar surface area (TPSA) is 80.8 Å². The monoisotopic (exact) mass is 451 g/mol. The van der Waals surface area contributed by atoms with Gasteiger partial charge in [-0.25, -0.2) is 4.90 Å². The number of aryl methyl sites for hydroxylation is 2. The fourth-order valence-corrected chi connectivity index (χ4v) is 5.75. The minimum absolute atomic E-state index is 0.227. The van der Waals surface area contributed by atoms with Gasteiger partial charge in [0.05, 0.1) is 23.6 Å². The van der Waals surface area contributed by atoms with Gasteiger partial charge in [0, 0.05) is 11.1 Å². The summed E-state index contributed by atoms with van der Waals surface area (Å²) in [5, 5.41) is 0. The number of fused-ring (bicyclic) bond motifs is 3. The first kappa shape index (κ1) is 20.7. The van der Waals surface area contributed by atoms with Crippen LogP contribution in [0.15, 0.2) is 72.8 Å². The number of ketones is 2. The third-order valence-corrected chi connectivity index (χ3v) is 7.24. The lowest BCUT2D eigenvalue weighted by Gasteiger charge is -2.27. The molecule has 3 aromatic carbocycles. The molecule has 6 rings (SSSR count). The molecular formula is C28H21NO5. The third kappa shape index (κ3) is 2.49. The second-order valence-electron chi connectivity index (χ2n) is 9.19. The molecule has 3 aliphatic rings. The Morgan fingerprint density at radius 3 is 2.00 bits per heavy atom. The van der Waals surface area contributed by atoms with Crippen molar-refractivity contribution in [2.24, 2.45) is 11.8 Å². The summed E-state index contributed by atoms with van der Waals surface area (Å²) in [6.45, 7) is 3.76. The van der Waals surface area contributed by atoms with Crippen molar-refractivity contribution in [2.75, 3.05) is 4.90 Å². The van der Waals surface area contributed by atoms with Crippen molar-refractivity contribution in [3.8, 4) is 0 Å².